The molecule has 56 valence electrons. The number of hydrogen-bond acceptors (Lipinski definition) is 3. The van der Waals surface area contributed by atoms with Crippen LogP contribution in [-0.4, -0.2) is 27.9 Å². The van der Waals surface area contributed by atoms with Crippen LogP contribution in [0.4, 0.5) is 0 Å². The van der Waals surface area contributed by atoms with Crippen molar-refractivity contribution in [3.05, 3.63) is 15.3 Å². The summed E-state index contributed by atoms with van der Waals surface area (Å²) >= 11 is 6.61. The average Bonchev–Trinajstić information content (AvgIpc) is 2.34. The van der Waals surface area contributed by atoms with Crippen LogP contribution in [0.3, 0.4) is 0 Å². The summed E-state index contributed by atoms with van der Waals surface area (Å²) in [6, 6.07) is 1.87. The Hall–Kier alpha value is 0.229. The van der Waals surface area contributed by atoms with Gasteiger partial charge in [0.25, 0.3) is 0 Å². The van der Waals surface area contributed by atoms with Crippen molar-refractivity contribution in [3.8, 4) is 0 Å². The van der Waals surface area contributed by atoms with Crippen LogP contribution in [0.25, 0.3) is 11.0 Å². The standard InChI is InChI=1S/C5HBr2N3Se/c6-3-1-2-4(5(7)8-3)10-11-9-2/h1H. The molecule has 0 bridgehead atoms. The molecular formula is C5HBr2N3Se. The second-order valence-corrected chi connectivity index (χ2v) is 4.54. The van der Waals surface area contributed by atoms with Gasteiger partial charge in [0.2, 0.25) is 0 Å². The number of nitrogens with zero attached hydrogens (tertiary/aromatic N) is 3. The molecule has 0 aromatic carbocycles. The maximum atomic E-state index is 4.22. The fraction of sp³-hybridized carbons (Fsp3) is 0. The Labute approximate surface area is 85.7 Å². The molecule has 0 fully saturated rings. The third kappa shape index (κ3) is 1.40. The minimum absolute atomic E-state index is 0.0212. The van der Waals surface area contributed by atoms with E-state index in [0.29, 0.717) is 0 Å². The molecule has 2 aromatic rings. The van der Waals surface area contributed by atoms with Crippen LogP contribution >= 0.6 is 31.9 Å². The topological polar surface area (TPSA) is 38.7 Å². The van der Waals surface area contributed by atoms with E-state index in [1.807, 2.05) is 6.07 Å². The number of hydrogen-bond donors (Lipinski definition) is 0. The second kappa shape index (κ2) is 2.94. The van der Waals surface area contributed by atoms with E-state index in [-0.39, 0.29) is 15.0 Å². The summed E-state index contributed by atoms with van der Waals surface area (Å²) < 4.78 is 9.98. The van der Waals surface area contributed by atoms with Crippen molar-refractivity contribution < 1.29 is 0 Å². The first-order valence-corrected chi connectivity index (χ1v) is 5.83. The molecule has 0 spiro atoms. The summed E-state index contributed by atoms with van der Waals surface area (Å²) in [4.78, 5) is 4.13. The monoisotopic (exact) mass is 341 g/mol. The maximum absolute atomic E-state index is 4.22. The van der Waals surface area contributed by atoms with Crippen LogP contribution in [-0.2, 0) is 0 Å². The molecule has 2 aromatic heterocycles. The number of pyridine rings is 1. The van der Waals surface area contributed by atoms with E-state index in [0.717, 1.165) is 20.2 Å². The van der Waals surface area contributed by atoms with Gasteiger partial charge in [-0.3, -0.25) is 0 Å². The SMILES string of the molecule is Brc1cc2n[se]nc2c(Br)n1. The molecule has 2 heterocycles. The zero-order chi connectivity index (χ0) is 7.84. The summed E-state index contributed by atoms with van der Waals surface area (Å²) in [5.41, 5.74) is 1.81. The van der Waals surface area contributed by atoms with Gasteiger partial charge in [-0.25, -0.2) is 0 Å². The van der Waals surface area contributed by atoms with E-state index in [4.69, 9.17) is 0 Å². The molecule has 0 atom stereocenters. The van der Waals surface area contributed by atoms with E-state index in [2.05, 4.69) is 44.8 Å². The Morgan fingerprint density at radius 2 is 2.09 bits per heavy atom. The summed E-state index contributed by atoms with van der Waals surface area (Å²) in [5, 5.41) is 0. The van der Waals surface area contributed by atoms with Gasteiger partial charge in [-0.1, -0.05) is 0 Å². The van der Waals surface area contributed by atoms with Gasteiger partial charge in [0.15, 0.2) is 0 Å². The molecular weight excluding hydrogens is 341 g/mol. The zero-order valence-corrected chi connectivity index (χ0v) is 9.97. The third-order valence-electron chi connectivity index (χ3n) is 1.17. The molecule has 0 amide bonds. The van der Waals surface area contributed by atoms with Gasteiger partial charge in [0.1, 0.15) is 0 Å². The van der Waals surface area contributed by atoms with Crippen molar-refractivity contribution in [2.75, 3.05) is 0 Å². The van der Waals surface area contributed by atoms with Crippen LogP contribution in [0, 0.1) is 0 Å². The van der Waals surface area contributed by atoms with Gasteiger partial charge in [-0.2, -0.15) is 0 Å². The van der Waals surface area contributed by atoms with Crippen molar-refractivity contribution in [1.82, 2.24) is 12.9 Å². The second-order valence-electron chi connectivity index (χ2n) is 1.87. The molecule has 11 heavy (non-hydrogen) atoms. The molecule has 0 aliphatic heterocycles. The molecule has 0 N–H and O–H groups in total. The molecule has 3 nitrogen and oxygen atoms in total. The van der Waals surface area contributed by atoms with Crippen LogP contribution in [0.15, 0.2) is 15.3 Å². The van der Waals surface area contributed by atoms with Crippen LogP contribution in [0.1, 0.15) is 0 Å². The molecule has 6 heteroatoms. The van der Waals surface area contributed by atoms with Gasteiger partial charge < -0.3 is 0 Å². The van der Waals surface area contributed by atoms with Crippen LogP contribution < -0.4 is 0 Å². The number of rotatable bonds is 0. The van der Waals surface area contributed by atoms with E-state index in [9.17, 15) is 0 Å². The Balaban J connectivity index is 2.91. The van der Waals surface area contributed by atoms with Gasteiger partial charge >= 0.3 is 86.1 Å². The molecule has 0 aliphatic rings. The van der Waals surface area contributed by atoms with Crippen molar-refractivity contribution >= 4 is 57.9 Å². The fourth-order valence-corrected chi connectivity index (χ4v) is 3.22. The summed E-state index contributed by atoms with van der Waals surface area (Å²) in [6.07, 6.45) is 0. The quantitative estimate of drug-likeness (QED) is 0.540. The molecule has 0 saturated carbocycles. The van der Waals surface area contributed by atoms with E-state index in [1.54, 1.807) is 0 Å². The normalized spacial score (nSPS) is 10.7. The first-order chi connectivity index (χ1) is 5.27. The average molecular weight is 342 g/mol. The van der Waals surface area contributed by atoms with E-state index >= 15 is 0 Å². The van der Waals surface area contributed by atoms with Gasteiger partial charge in [-0.05, 0) is 0 Å². The van der Waals surface area contributed by atoms with Gasteiger partial charge in [0, 0.05) is 0 Å². The zero-order valence-electron chi connectivity index (χ0n) is 5.08. The summed E-state index contributed by atoms with van der Waals surface area (Å²) in [7, 11) is 0. The minimum atomic E-state index is 0.0212. The van der Waals surface area contributed by atoms with Crippen molar-refractivity contribution in [2.45, 2.75) is 0 Å². The first-order valence-electron chi connectivity index (χ1n) is 2.71. The Bertz CT molecular complexity index is 400. The molecule has 0 saturated heterocycles. The number of aromatic nitrogens is 3. The Kier molecular flexibility index (Phi) is 2.10. The summed E-state index contributed by atoms with van der Waals surface area (Å²) in [5.74, 6) is 0. The van der Waals surface area contributed by atoms with Crippen molar-refractivity contribution in [3.63, 3.8) is 0 Å². The van der Waals surface area contributed by atoms with E-state index in [1.165, 1.54) is 0 Å². The van der Waals surface area contributed by atoms with Crippen LogP contribution in [0.2, 0.25) is 0 Å². The Morgan fingerprint density at radius 3 is 2.91 bits per heavy atom. The molecule has 2 rings (SSSR count). The predicted molar refractivity (Wildman–Crippen MR) is 49.7 cm³/mol. The third-order valence-corrected chi connectivity index (χ3v) is 3.27. The van der Waals surface area contributed by atoms with Crippen molar-refractivity contribution in [2.24, 2.45) is 0 Å². The molecule has 0 aliphatic carbocycles. The Morgan fingerprint density at radius 1 is 1.27 bits per heavy atom. The van der Waals surface area contributed by atoms with Crippen LogP contribution in [0.5, 0.6) is 0 Å². The van der Waals surface area contributed by atoms with Gasteiger partial charge in [0.05, 0.1) is 0 Å². The molecule has 0 radical (unpaired) electrons. The fourth-order valence-electron chi connectivity index (χ4n) is 0.725. The summed E-state index contributed by atoms with van der Waals surface area (Å²) in [6.45, 7) is 0. The molecule has 0 unspecified atom stereocenters. The first kappa shape index (κ1) is 7.86. The number of halogens is 2. The van der Waals surface area contributed by atoms with E-state index < -0.39 is 0 Å². The predicted octanol–water partition coefficient (Wildman–Crippen LogP) is 1.61. The van der Waals surface area contributed by atoms with Crippen molar-refractivity contribution in [1.29, 1.82) is 0 Å². The van der Waals surface area contributed by atoms with Gasteiger partial charge in [-0.15, -0.1) is 0 Å². The number of fused-ring (bicyclic) bond motifs is 1.